The molecule has 1 aromatic heterocycles. The van der Waals surface area contributed by atoms with Crippen LogP contribution in [-0.2, 0) is 4.79 Å². The number of anilines is 2. The first-order valence-corrected chi connectivity index (χ1v) is 5.85. The molecule has 0 saturated heterocycles. The number of hydrogen-bond donors (Lipinski definition) is 2. The van der Waals surface area contributed by atoms with E-state index in [-0.39, 0.29) is 13.1 Å². The van der Waals surface area contributed by atoms with Crippen LogP contribution >= 0.6 is 0 Å². The molecule has 6 nitrogen and oxygen atoms in total. The van der Waals surface area contributed by atoms with Crippen molar-refractivity contribution < 1.29 is 18.0 Å². The summed E-state index contributed by atoms with van der Waals surface area (Å²) < 4.78 is 35.7. The Kier molecular flexibility index (Phi) is 5.53. The average Bonchev–Trinajstić information content (AvgIpc) is 2.33. The highest BCUT2D eigenvalue weighted by atomic mass is 19.4. The van der Waals surface area contributed by atoms with E-state index in [1.54, 1.807) is 12.3 Å². The van der Waals surface area contributed by atoms with Gasteiger partial charge in [-0.05, 0) is 0 Å². The molecule has 0 fully saturated rings. The van der Waals surface area contributed by atoms with Crippen molar-refractivity contribution in [3.63, 3.8) is 0 Å². The Morgan fingerprint density at radius 2 is 2.05 bits per heavy atom. The minimum atomic E-state index is -4.48. The Hall–Kier alpha value is -2.06. The number of hydrogen-bond acceptors (Lipinski definition) is 5. The van der Waals surface area contributed by atoms with Crippen LogP contribution in [0.3, 0.4) is 0 Å². The van der Waals surface area contributed by atoms with Crippen LogP contribution in [0.5, 0.6) is 0 Å². The van der Waals surface area contributed by atoms with Crippen LogP contribution in [0.25, 0.3) is 0 Å². The van der Waals surface area contributed by atoms with Gasteiger partial charge in [0, 0.05) is 33.3 Å². The van der Waals surface area contributed by atoms with E-state index >= 15 is 0 Å². The van der Waals surface area contributed by atoms with E-state index in [0.717, 1.165) is 5.69 Å². The fraction of sp³-hybridized carbons (Fsp3) is 0.545. The Morgan fingerprint density at radius 1 is 1.35 bits per heavy atom. The van der Waals surface area contributed by atoms with Crippen LogP contribution in [0.1, 0.15) is 6.42 Å². The molecule has 1 rings (SSSR count). The number of alkyl halides is 3. The molecule has 0 atom stereocenters. The SMILES string of the molecule is CN(C)c1cnnc(NCCNC(=O)CC(F)(F)F)c1. The Balaban J connectivity index is 2.31. The van der Waals surface area contributed by atoms with Crippen LogP contribution in [0.4, 0.5) is 24.7 Å². The van der Waals surface area contributed by atoms with Gasteiger partial charge in [-0.1, -0.05) is 0 Å². The van der Waals surface area contributed by atoms with Crippen molar-refractivity contribution in [2.45, 2.75) is 12.6 Å². The van der Waals surface area contributed by atoms with E-state index < -0.39 is 18.5 Å². The number of amides is 1. The largest absolute Gasteiger partial charge is 0.397 e. The smallest absolute Gasteiger partial charge is 0.376 e. The predicted octanol–water partition coefficient (Wildman–Crippen LogP) is 1.02. The second-order valence-corrected chi connectivity index (χ2v) is 4.26. The van der Waals surface area contributed by atoms with E-state index in [4.69, 9.17) is 0 Å². The third kappa shape index (κ3) is 6.21. The van der Waals surface area contributed by atoms with Gasteiger partial charge >= 0.3 is 6.18 Å². The molecule has 0 aliphatic carbocycles. The maximum atomic E-state index is 11.9. The highest BCUT2D eigenvalue weighted by Crippen LogP contribution is 2.18. The molecule has 0 unspecified atom stereocenters. The number of rotatable bonds is 6. The number of carbonyl (C=O) groups is 1. The first-order chi connectivity index (χ1) is 9.28. The normalized spacial score (nSPS) is 11.1. The summed E-state index contributed by atoms with van der Waals surface area (Å²) in [6.45, 7) is 0.331. The van der Waals surface area contributed by atoms with E-state index in [1.807, 2.05) is 19.0 Å². The Labute approximate surface area is 114 Å². The van der Waals surface area contributed by atoms with Crippen molar-refractivity contribution in [3.05, 3.63) is 12.3 Å². The molecule has 0 spiro atoms. The highest BCUT2D eigenvalue weighted by molar-refractivity contribution is 5.76. The van der Waals surface area contributed by atoms with Crippen LogP contribution in [0.2, 0.25) is 0 Å². The summed E-state index contributed by atoms with van der Waals surface area (Å²) in [7, 11) is 3.69. The summed E-state index contributed by atoms with van der Waals surface area (Å²) in [4.78, 5) is 12.8. The zero-order valence-electron chi connectivity index (χ0n) is 11.2. The maximum absolute atomic E-state index is 11.9. The molecule has 2 N–H and O–H groups in total. The van der Waals surface area contributed by atoms with Gasteiger partial charge in [0.15, 0.2) is 5.82 Å². The summed E-state index contributed by atoms with van der Waals surface area (Å²) in [5, 5.41) is 12.6. The summed E-state index contributed by atoms with van der Waals surface area (Å²) in [5.41, 5.74) is 0.837. The average molecular weight is 291 g/mol. The standard InChI is InChI=1S/C11H16F3N5O/c1-19(2)8-5-9(18-17-7-8)15-3-4-16-10(20)6-11(12,13)14/h5,7H,3-4,6H2,1-2H3,(H,15,18)(H,16,20). The van der Waals surface area contributed by atoms with Gasteiger partial charge in [-0.25, -0.2) is 0 Å². The molecule has 0 aliphatic rings. The van der Waals surface area contributed by atoms with Crippen molar-refractivity contribution in [1.82, 2.24) is 15.5 Å². The summed E-state index contributed by atoms with van der Waals surface area (Å²) in [6.07, 6.45) is -4.37. The first kappa shape index (κ1) is 16.0. The lowest BCUT2D eigenvalue weighted by Crippen LogP contribution is -2.32. The van der Waals surface area contributed by atoms with E-state index in [0.29, 0.717) is 5.82 Å². The molecule has 1 aromatic rings. The zero-order chi connectivity index (χ0) is 15.2. The summed E-state index contributed by atoms with van der Waals surface area (Å²) in [6, 6.07) is 1.74. The van der Waals surface area contributed by atoms with E-state index in [1.165, 1.54) is 0 Å². The topological polar surface area (TPSA) is 70.2 Å². The molecule has 0 radical (unpaired) electrons. The predicted molar refractivity (Wildman–Crippen MR) is 68.5 cm³/mol. The van der Waals surface area contributed by atoms with Crippen LogP contribution < -0.4 is 15.5 Å². The zero-order valence-corrected chi connectivity index (χ0v) is 11.2. The van der Waals surface area contributed by atoms with Gasteiger partial charge in [0.05, 0.1) is 11.9 Å². The third-order valence-electron chi connectivity index (χ3n) is 2.27. The molecular weight excluding hydrogens is 275 g/mol. The number of nitrogens with one attached hydrogen (secondary N) is 2. The highest BCUT2D eigenvalue weighted by Gasteiger charge is 2.30. The fourth-order valence-electron chi connectivity index (χ4n) is 1.32. The first-order valence-electron chi connectivity index (χ1n) is 5.85. The molecule has 112 valence electrons. The van der Waals surface area contributed by atoms with Crippen LogP contribution in [0, 0.1) is 0 Å². The molecular formula is C11H16F3N5O. The van der Waals surface area contributed by atoms with E-state index in [2.05, 4.69) is 20.8 Å². The van der Waals surface area contributed by atoms with Gasteiger partial charge < -0.3 is 15.5 Å². The summed E-state index contributed by atoms with van der Waals surface area (Å²) in [5.74, 6) is -0.561. The maximum Gasteiger partial charge on any atom is 0.397 e. The van der Waals surface area contributed by atoms with E-state index in [9.17, 15) is 18.0 Å². The molecule has 1 heterocycles. The van der Waals surface area contributed by atoms with Crippen LogP contribution in [0.15, 0.2) is 12.3 Å². The second-order valence-electron chi connectivity index (χ2n) is 4.26. The van der Waals surface area contributed by atoms with Gasteiger partial charge in [-0.3, -0.25) is 4.79 Å². The number of nitrogens with zero attached hydrogens (tertiary/aromatic N) is 3. The molecule has 0 aliphatic heterocycles. The minimum absolute atomic E-state index is 0.0722. The fourth-order valence-corrected chi connectivity index (χ4v) is 1.32. The molecule has 20 heavy (non-hydrogen) atoms. The third-order valence-corrected chi connectivity index (χ3v) is 2.27. The number of halogens is 3. The monoisotopic (exact) mass is 291 g/mol. The lowest BCUT2D eigenvalue weighted by molar-refractivity contribution is -0.153. The lowest BCUT2D eigenvalue weighted by atomic mass is 10.4. The summed E-state index contributed by atoms with van der Waals surface area (Å²) >= 11 is 0. The Bertz CT molecular complexity index is 450. The molecule has 0 aromatic carbocycles. The van der Waals surface area contributed by atoms with Gasteiger partial charge in [-0.2, -0.15) is 18.3 Å². The van der Waals surface area contributed by atoms with Crippen molar-refractivity contribution in [2.75, 3.05) is 37.4 Å². The molecule has 0 saturated carbocycles. The Morgan fingerprint density at radius 3 is 2.65 bits per heavy atom. The van der Waals surface area contributed by atoms with Crippen molar-refractivity contribution in [3.8, 4) is 0 Å². The van der Waals surface area contributed by atoms with Crippen molar-refractivity contribution >= 4 is 17.4 Å². The minimum Gasteiger partial charge on any atom is -0.376 e. The van der Waals surface area contributed by atoms with Gasteiger partial charge in [0.1, 0.15) is 6.42 Å². The molecule has 9 heteroatoms. The quantitative estimate of drug-likeness (QED) is 0.766. The molecule has 1 amide bonds. The number of aromatic nitrogens is 2. The number of carbonyl (C=O) groups excluding carboxylic acids is 1. The van der Waals surface area contributed by atoms with Crippen LogP contribution in [-0.4, -0.2) is 49.5 Å². The van der Waals surface area contributed by atoms with Gasteiger partial charge in [-0.15, -0.1) is 5.10 Å². The lowest BCUT2D eigenvalue weighted by Gasteiger charge is -2.13. The van der Waals surface area contributed by atoms with Crippen molar-refractivity contribution in [1.29, 1.82) is 0 Å². The molecule has 0 bridgehead atoms. The second kappa shape index (κ2) is 6.92. The van der Waals surface area contributed by atoms with Gasteiger partial charge in [0.2, 0.25) is 5.91 Å². The van der Waals surface area contributed by atoms with Crippen molar-refractivity contribution in [2.24, 2.45) is 0 Å². The van der Waals surface area contributed by atoms with Gasteiger partial charge in [0.25, 0.3) is 0 Å².